The van der Waals surface area contributed by atoms with Crippen LogP contribution in [0, 0.1) is 11.8 Å². The molecule has 0 bridgehead atoms. The number of carbonyl (C=O) groups is 2. The summed E-state index contributed by atoms with van der Waals surface area (Å²) in [5, 5.41) is 32.1. The van der Waals surface area contributed by atoms with Crippen LogP contribution in [-0.4, -0.2) is 50.7 Å². The van der Waals surface area contributed by atoms with E-state index in [-0.39, 0.29) is 18.1 Å². The van der Waals surface area contributed by atoms with Gasteiger partial charge in [0.15, 0.2) is 5.60 Å². The third-order valence-corrected chi connectivity index (χ3v) is 7.81. The fourth-order valence-corrected chi connectivity index (χ4v) is 5.50. The molecule has 7 nitrogen and oxygen atoms in total. The van der Waals surface area contributed by atoms with E-state index < -0.39 is 41.3 Å². The molecule has 3 atom stereocenters. The highest BCUT2D eigenvalue weighted by molar-refractivity contribution is 5.91. The van der Waals surface area contributed by atoms with E-state index in [1.54, 1.807) is 39.8 Å². The van der Waals surface area contributed by atoms with Crippen LogP contribution in [0.3, 0.4) is 0 Å². The molecule has 0 aliphatic heterocycles. The number of ether oxygens (including phenoxy) is 2. The van der Waals surface area contributed by atoms with Crippen molar-refractivity contribution in [3.05, 3.63) is 65.2 Å². The average molecular weight is 585 g/mol. The smallest absolute Gasteiger partial charge is 0.348 e. The second-order valence-corrected chi connectivity index (χ2v) is 12.8. The van der Waals surface area contributed by atoms with E-state index >= 15 is 0 Å². The summed E-state index contributed by atoms with van der Waals surface area (Å²) in [6.07, 6.45) is 4.29. The summed E-state index contributed by atoms with van der Waals surface area (Å²) in [6.45, 7) is 12.1. The molecule has 0 heterocycles. The first kappa shape index (κ1) is 35.5. The van der Waals surface area contributed by atoms with Crippen LogP contribution in [0.5, 0.6) is 5.75 Å². The quantitative estimate of drug-likeness (QED) is 0.147. The summed E-state index contributed by atoms with van der Waals surface area (Å²) >= 11 is 0. The van der Waals surface area contributed by atoms with Gasteiger partial charge in [0.25, 0.3) is 0 Å². The minimum Gasteiger partial charge on any atom is -0.508 e. The molecule has 42 heavy (non-hydrogen) atoms. The second-order valence-electron chi connectivity index (χ2n) is 12.8. The Kier molecular flexibility index (Phi) is 13.2. The van der Waals surface area contributed by atoms with Gasteiger partial charge < -0.3 is 24.8 Å². The van der Waals surface area contributed by atoms with Crippen LogP contribution in [0.25, 0.3) is 0 Å². The molecule has 0 aromatic heterocycles. The van der Waals surface area contributed by atoms with Crippen LogP contribution in [0.1, 0.15) is 97.3 Å². The highest BCUT2D eigenvalue weighted by atomic mass is 16.6. The number of esters is 2. The third kappa shape index (κ3) is 10.2. The SMILES string of the molecule is CCCCc1ccccc1CC(Cc1ccc(O)cc1)(CC(C)C)OC(CO)(CC(C)(O)CC)C(=O)OC(=O)C(C)C. The van der Waals surface area contributed by atoms with E-state index in [1.807, 2.05) is 24.3 Å². The van der Waals surface area contributed by atoms with Gasteiger partial charge in [-0.2, -0.15) is 0 Å². The van der Waals surface area contributed by atoms with Crippen molar-refractivity contribution in [2.24, 2.45) is 11.8 Å². The molecule has 0 amide bonds. The van der Waals surface area contributed by atoms with Crippen LogP contribution >= 0.6 is 0 Å². The number of phenolic OH excluding ortho intramolecular Hbond substituents is 1. The Morgan fingerprint density at radius 1 is 0.929 bits per heavy atom. The molecule has 0 saturated carbocycles. The minimum absolute atomic E-state index is 0.126. The first-order valence-electron chi connectivity index (χ1n) is 15.3. The predicted octanol–water partition coefficient (Wildman–Crippen LogP) is 6.33. The lowest BCUT2D eigenvalue weighted by Crippen LogP contribution is -2.58. The van der Waals surface area contributed by atoms with Crippen LogP contribution in [-0.2, 0) is 38.3 Å². The zero-order chi connectivity index (χ0) is 31.6. The summed E-state index contributed by atoms with van der Waals surface area (Å²) in [6, 6.07) is 15.1. The zero-order valence-electron chi connectivity index (χ0n) is 26.6. The van der Waals surface area contributed by atoms with E-state index in [0.717, 1.165) is 30.4 Å². The standard InChI is InChI=1S/C35H52O7/c1-8-10-13-28-14-11-12-15-29(28)22-34(20-25(3)4,21-27-16-18-30(37)19-17-27)42-35(24-36,23-33(7,40)9-2)32(39)41-31(38)26(5)6/h11-12,14-19,25-26,36-37,40H,8-10,13,20-24H2,1-7H3. The van der Waals surface area contributed by atoms with Crippen molar-refractivity contribution in [2.75, 3.05) is 6.61 Å². The Morgan fingerprint density at radius 3 is 2.07 bits per heavy atom. The largest absolute Gasteiger partial charge is 0.508 e. The molecule has 0 saturated heterocycles. The molecule has 7 heteroatoms. The highest BCUT2D eigenvalue weighted by Crippen LogP contribution is 2.39. The molecule has 2 aromatic rings. The predicted molar refractivity (Wildman–Crippen MR) is 165 cm³/mol. The number of unbranched alkanes of at least 4 members (excludes halogenated alkanes) is 1. The van der Waals surface area contributed by atoms with Gasteiger partial charge in [-0.3, -0.25) is 4.79 Å². The van der Waals surface area contributed by atoms with Gasteiger partial charge in [-0.05, 0) is 67.3 Å². The minimum atomic E-state index is -2.01. The van der Waals surface area contributed by atoms with Crippen molar-refractivity contribution in [2.45, 2.75) is 117 Å². The molecule has 0 radical (unpaired) electrons. The van der Waals surface area contributed by atoms with Gasteiger partial charge in [0, 0.05) is 19.3 Å². The van der Waals surface area contributed by atoms with Gasteiger partial charge in [0.1, 0.15) is 5.75 Å². The summed E-state index contributed by atoms with van der Waals surface area (Å²) in [5.74, 6) is -2.04. The number of aliphatic hydroxyl groups is 2. The molecule has 0 aliphatic rings. The molecule has 2 aromatic carbocycles. The first-order valence-corrected chi connectivity index (χ1v) is 15.3. The number of aromatic hydroxyl groups is 1. The Bertz CT molecular complexity index is 1140. The van der Waals surface area contributed by atoms with Crippen molar-refractivity contribution < 1.29 is 34.4 Å². The Morgan fingerprint density at radius 2 is 1.55 bits per heavy atom. The number of aliphatic hydroxyl groups excluding tert-OH is 1. The van der Waals surface area contributed by atoms with Crippen molar-refractivity contribution in [1.82, 2.24) is 0 Å². The number of hydrogen-bond acceptors (Lipinski definition) is 7. The second kappa shape index (κ2) is 15.6. The number of aryl methyl sites for hydroxylation is 1. The average Bonchev–Trinajstić information content (AvgIpc) is 2.92. The number of hydrogen-bond donors (Lipinski definition) is 3. The van der Waals surface area contributed by atoms with E-state index in [9.17, 15) is 24.9 Å². The third-order valence-electron chi connectivity index (χ3n) is 7.81. The van der Waals surface area contributed by atoms with Crippen molar-refractivity contribution in [3.8, 4) is 5.75 Å². The molecule has 0 aliphatic carbocycles. The molecule has 3 unspecified atom stereocenters. The number of carbonyl (C=O) groups excluding carboxylic acids is 2. The first-order chi connectivity index (χ1) is 19.7. The van der Waals surface area contributed by atoms with E-state index in [0.29, 0.717) is 25.7 Å². The van der Waals surface area contributed by atoms with Crippen molar-refractivity contribution in [3.63, 3.8) is 0 Å². The van der Waals surface area contributed by atoms with Gasteiger partial charge in [0.05, 0.1) is 23.7 Å². The molecule has 3 N–H and O–H groups in total. The Hall–Kier alpha value is -2.74. The number of rotatable bonds is 17. The number of benzene rings is 2. The number of phenols is 1. The Labute approximate surface area is 252 Å². The lowest BCUT2D eigenvalue weighted by Gasteiger charge is -2.45. The normalized spacial score (nSPS) is 16.1. The molecule has 0 spiro atoms. The van der Waals surface area contributed by atoms with Gasteiger partial charge >= 0.3 is 11.9 Å². The molecular weight excluding hydrogens is 532 g/mol. The molecular formula is C35H52O7. The topological polar surface area (TPSA) is 113 Å². The monoisotopic (exact) mass is 584 g/mol. The summed E-state index contributed by atoms with van der Waals surface area (Å²) in [5.41, 5.74) is -1.29. The highest BCUT2D eigenvalue weighted by Gasteiger charge is 2.52. The van der Waals surface area contributed by atoms with Crippen molar-refractivity contribution in [1.29, 1.82) is 0 Å². The van der Waals surface area contributed by atoms with Gasteiger partial charge in [-0.25, -0.2) is 4.79 Å². The lowest BCUT2D eigenvalue weighted by atomic mass is 9.78. The Balaban J connectivity index is 2.78. The zero-order valence-corrected chi connectivity index (χ0v) is 26.6. The van der Waals surface area contributed by atoms with E-state index in [4.69, 9.17) is 9.47 Å². The van der Waals surface area contributed by atoms with Gasteiger partial charge in [-0.1, -0.05) is 84.4 Å². The molecule has 2 rings (SSSR count). The van der Waals surface area contributed by atoms with Crippen LogP contribution < -0.4 is 0 Å². The van der Waals surface area contributed by atoms with Gasteiger partial charge in [-0.15, -0.1) is 0 Å². The van der Waals surface area contributed by atoms with Crippen molar-refractivity contribution >= 4 is 11.9 Å². The lowest BCUT2D eigenvalue weighted by molar-refractivity contribution is -0.223. The van der Waals surface area contributed by atoms with Crippen LogP contribution in [0.15, 0.2) is 48.5 Å². The maximum absolute atomic E-state index is 13.9. The summed E-state index contributed by atoms with van der Waals surface area (Å²) in [4.78, 5) is 26.4. The van der Waals surface area contributed by atoms with Gasteiger partial charge in [0.2, 0.25) is 0 Å². The summed E-state index contributed by atoms with van der Waals surface area (Å²) < 4.78 is 12.3. The maximum atomic E-state index is 13.9. The molecule has 234 valence electrons. The van der Waals surface area contributed by atoms with E-state index in [1.165, 1.54) is 5.56 Å². The summed E-state index contributed by atoms with van der Waals surface area (Å²) in [7, 11) is 0. The molecule has 0 fully saturated rings. The maximum Gasteiger partial charge on any atom is 0.348 e. The fourth-order valence-electron chi connectivity index (χ4n) is 5.50. The fraction of sp³-hybridized carbons (Fsp3) is 0.600. The van der Waals surface area contributed by atoms with Crippen LogP contribution in [0.2, 0.25) is 0 Å². The van der Waals surface area contributed by atoms with E-state index in [2.05, 4.69) is 32.9 Å². The van der Waals surface area contributed by atoms with Crippen LogP contribution in [0.4, 0.5) is 0 Å².